The summed E-state index contributed by atoms with van der Waals surface area (Å²) < 4.78 is 34.7. The van der Waals surface area contributed by atoms with Crippen LogP contribution in [0.4, 0.5) is 0 Å². The molecule has 1 aromatic heterocycles. The number of nitrogens with zero attached hydrogens (tertiary/aromatic N) is 1. The first-order valence-corrected chi connectivity index (χ1v) is 9.14. The van der Waals surface area contributed by atoms with Gasteiger partial charge in [0.15, 0.2) is 6.23 Å². The van der Waals surface area contributed by atoms with Crippen LogP contribution in [0.1, 0.15) is 12.6 Å². The molecule has 0 aliphatic carbocycles. The summed E-state index contributed by atoms with van der Waals surface area (Å²) in [6.45, 7) is 0.178. The molecule has 0 saturated carbocycles. The Bertz CT molecular complexity index is 790. The van der Waals surface area contributed by atoms with Crippen molar-refractivity contribution in [3.63, 3.8) is 0 Å². The predicted octanol–water partition coefficient (Wildman–Crippen LogP) is -1.06. The van der Waals surface area contributed by atoms with Crippen molar-refractivity contribution in [2.45, 2.75) is 30.4 Å². The number of rotatable bonds is 6. The van der Waals surface area contributed by atoms with Crippen LogP contribution in [0.25, 0.3) is 0 Å². The molecule has 11 nitrogen and oxygen atoms in total. The first-order chi connectivity index (χ1) is 11.8. The lowest BCUT2D eigenvalue weighted by Crippen LogP contribution is -2.69. The third kappa shape index (κ3) is 3.49. The Morgan fingerprint density at radius 2 is 2.28 bits per heavy atom. The molecule has 3 aliphatic heterocycles. The van der Waals surface area contributed by atoms with Gasteiger partial charge in [0.1, 0.15) is 11.7 Å². The number of aromatic nitrogens is 2. The minimum absolute atomic E-state index is 0.0652. The summed E-state index contributed by atoms with van der Waals surface area (Å²) in [6, 6.07) is 0.621. The lowest BCUT2D eigenvalue weighted by atomic mass is 9.85. The number of nitrogens with one attached hydrogen (secondary N) is 2. The highest BCUT2D eigenvalue weighted by Gasteiger charge is 2.56. The maximum Gasteiger partial charge on any atom is 0.403 e. The van der Waals surface area contributed by atoms with E-state index in [2.05, 4.69) is 14.6 Å². The molecule has 4 heterocycles. The highest BCUT2D eigenvalue weighted by Crippen LogP contribution is 2.46. The van der Waals surface area contributed by atoms with Crippen LogP contribution in [0.5, 0.6) is 0 Å². The summed E-state index contributed by atoms with van der Waals surface area (Å²) in [5, 5.41) is 2.56. The van der Waals surface area contributed by atoms with Crippen LogP contribution < -0.4 is 16.3 Å². The molecule has 140 valence electrons. The largest absolute Gasteiger partial charge is 0.403 e. The van der Waals surface area contributed by atoms with E-state index in [1.54, 1.807) is 0 Å². The third-order valence-electron chi connectivity index (χ3n) is 4.40. The Morgan fingerprint density at radius 3 is 2.92 bits per heavy atom. The van der Waals surface area contributed by atoms with Crippen LogP contribution >= 0.6 is 7.75 Å². The zero-order valence-corrected chi connectivity index (χ0v) is 14.6. The van der Waals surface area contributed by atoms with Gasteiger partial charge in [-0.3, -0.25) is 14.3 Å². The number of aromatic amines is 1. The van der Waals surface area contributed by atoms with Crippen molar-refractivity contribution in [1.82, 2.24) is 14.6 Å². The summed E-state index contributed by atoms with van der Waals surface area (Å²) >= 11 is 0. The van der Waals surface area contributed by atoms with E-state index in [0.717, 1.165) is 7.11 Å². The molecular formula is C13H20N3O8P. The van der Waals surface area contributed by atoms with E-state index in [-0.39, 0.29) is 19.6 Å². The van der Waals surface area contributed by atoms with Crippen molar-refractivity contribution < 1.29 is 28.2 Å². The number of H-pyrrole nitrogens is 1. The van der Waals surface area contributed by atoms with Crippen LogP contribution in [0.15, 0.2) is 21.9 Å². The maximum atomic E-state index is 12.1. The molecule has 0 spiro atoms. The van der Waals surface area contributed by atoms with Crippen molar-refractivity contribution in [3.8, 4) is 0 Å². The van der Waals surface area contributed by atoms with Crippen LogP contribution in [-0.4, -0.2) is 59.6 Å². The second-order valence-electron chi connectivity index (χ2n) is 5.99. The van der Waals surface area contributed by atoms with Gasteiger partial charge < -0.3 is 23.6 Å². The molecule has 4 rings (SSSR count). The van der Waals surface area contributed by atoms with E-state index >= 15 is 0 Å². The standard InChI is InChI=1S/C13H20N3O8P/c1-21-6-13-7-23-8(5-9(13)15-25(19,20)22-2)11(24-13)16-4-3-10(17)14-12(16)18/h3-4,8-9,11H,5-7H2,1-2H3,(H,14,17,18)(H2,15,19,20)/t8?,9-,11-,13+/m1/s1. The van der Waals surface area contributed by atoms with Gasteiger partial charge in [-0.25, -0.2) is 14.4 Å². The van der Waals surface area contributed by atoms with Crippen molar-refractivity contribution in [2.24, 2.45) is 0 Å². The minimum atomic E-state index is -4.00. The fraction of sp³-hybridized carbons (Fsp3) is 0.692. The second-order valence-corrected chi connectivity index (χ2v) is 7.66. The SMILES string of the molecule is COC[C@]12COC(C[C@H]1NP(=O)(O)OC)[C@H](n1ccc(=O)[nH]c1=O)O2. The molecule has 0 aromatic carbocycles. The zero-order valence-electron chi connectivity index (χ0n) is 13.7. The monoisotopic (exact) mass is 377 g/mol. The lowest BCUT2D eigenvalue weighted by molar-refractivity contribution is -0.313. The molecular weight excluding hydrogens is 357 g/mol. The van der Waals surface area contributed by atoms with Gasteiger partial charge in [0.25, 0.3) is 5.56 Å². The number of hydrogen-bond acceptors (Lipinski definition) is 7. The number of ether oxygens (including phenoxy) is 3. The van der Waals surface area contributed by atoms with Crippen molar-refractivity contribution in [3.05, 3.63) is 33.1 Å². The van der Waals surface area contributed by atoms with E-state index in [1.165, 1.54) is 23.9 Å². The molecule has 3 fully saturated rings. The molecule has 12 heteroatoms. The van der Waals surface area contributed by atoms with Gasteiger partial charge in [-0.1, -0.05) is 0 Å². The van der Waals surface area contributed by atoms with Crippen molar-refractivity contribution in [2.75, 3.05) is 27.4 Å². The first-order valence-electron chi connectivity index (χ1n) is 7.56. The molecule has 3 aliphatic rings. The topological polar surface area (TPSA) is 141 Å². The molecule has 3 saturated heterocycles. The molecule has 0 radical (unpaired) electrons. The predicted molar refractivity (Wildman–Crippen MR) is 84.2 cm³/mol. The van der Waals surface area contributed by atoms with Gasteiger partial charge in [-0.15, -0.1) is 0 Å². The highest BCUT2D eigenvalue weighted by molar-refractivity contribution is 7.50. The van der Waals surface area contributed by atoms with E-state index in [4.69, 9.17) is 14.2 Å². The minimum Gasteiger partial charge on any atom is -0.382 e. The van der Waals surface area contributed by atoms with Crippen LogP contribution in [-0.2, 0) is 23.3 Å². The average molecular weight is 377 g/mol. The first kappa shape index (κ1) is 18.5. The Hall–Kier alpha value is -1.33. The zero-order chi connectivity index (χ0) is 18.2. The van der Waals surface area contributed by atoms with Gasteiger partial charge in [0.2, 0.25) is 0 Å². The Morgan fingerprint density at radius 1 is 1.52 bits per heavy atom. The summed E-state index contributed by atoms with van der Waals surface area (Å²) in [5.74, 6) is 0. The molecule has 0 amide bonds. The smallest absolute Gasteiger partial charge is 0.382 e. The number of hydrogen-bond donors (Lipinski definition) is 3. The number of fused-ring (bicyclic) bond motifs is 3. The second kappa shape index (κ2) is 6.76. The van der Waals surface area contributed by atoms with E-state index in [1.807, 2.05) is 0 Å². The third-order valence-corrected chi connectivity index (χ3v) is 5.53. The van der Waals surface area contributed by atoms with E-state index in [0.29, 0.717) is 0 Å². The lowest BCUT2D eigenvalue weighted by Gasteiger charge is -2.54. The molecule has 2 unspecified atom stereocenters. The van der Waals surface area contributed by atoms with Crippen molar-refractivity contribution in [1.29, 1.82) is 0 Å². The average Bonchev–Trinajstić information content (AvgIpc) is 2.56. The highest BCUT2D eigenvalue weighted by atomic mass is 31.2. The van der Waals surface area contributed by atoms with Crippen LogP contribution in [0.2, 0.25) is 0 Å². The van der Waals surface area contributed by atoms with Gasteiger partial charge in [0, 0.05) is 26.5 Å². The van der Waals surface area contributed by atoms with Gasteiger partial charge in [0.05, 0.1) is 19.3 Å². The van der Waals surface area contributed by atoms with Gasteiger partial charge in [-0.05, 0) is 6.42 Å². The van der Waals surface area contributed by atoms with Gasteiger partial charge in [-0.2, -0.15) is 0 Å². The number of methoxy groups -OCH3 is 1. The van der Waals surface area contributed by atoms with Crippen molar-refractivity contribution >= 4 is 7.75 Å². The summed E-state index contributed by atoms with van der Waals surface area (Å²) in [7, 11) is -1.42. The van der Waals surface area contributed by atoms with Gasteiger partial charge >= 0.3 is 13.4 Å². The molecule has 2 bridgehead atoms. The summed E-state index contributed by atoms with van der Waals surface area (Å²) in [6.07, 6.45) is 0.252. The molecule has 25 heavy (non-hydrogen) atoms. The fourth-order valence-corrected chi connectivity index (χ4v) is 4.04. The Kier molecular flexibility index (Phi) is 5.00. The molecule has 1 aromatic rings. The Labute approximate surface area is 142 Å². The normalized spacial score (nSPS) is 34.0. The quantitative estimate of drug-likeness (QED) is 0.529. The molecule has 5 atom stereocenters. The maximum absolute atomic E-state index is 12.1. The van der Waals surface area contributed by atoms with E-state index in [9.17, 15) is 19.0 Å². The molecule has 3 N–H and O–H groups in total. The Balaban J connectivity index is 1.92. The van der Waals surface area contributed by atoms with E-state index < -0.39 is 43.0 Å². The summed E-state index contributed by atoms with van der Waals surface area (Å²) in [5.41, 5.74) is -2.24. The summed E-state index contributed by atoms with van der Waals surface area (Å²) in [4.78, 5) is 35.2. The fourth-order valence-electron chi connectivity index (χ4n) is 3.20. The van der Waals surface area contributed by atoms with Crippen LogP contribution in [0.3, 0.4) is 0 Å². The van der Waals surface area contributed by atoms with Crippen LogP contribution in [0, 0.1) is 0 Å².